The van der Waals surface area contributed by atoms with Crippen LogP contribution in [0.5, 0.6) is 0 Å². The molecule has 4 heteroatoms. The van der Waals surface area contributed by atoms with Crippen LogP contribution in [0.15, 0.2) is 22.8 Å². The molecule has 0 atom stereocenters. The quantitative estimate of drug-likeness (QED) is 0.880. The number of ether oxygens (including phenoxy) is 1. The molecule has 1 aromatic rings. The van der Waals surface area contributed by atoms with Crippen molar-refractivity contribution in [3.8, 4) is 0 Å². The van der Waals surface area contributed by atoms with Crippen LogP contribution >= 0.6 is 15.9 Å². The first-order chi connectivity index (χ1) is 6.64. The Balaban J connectivity index is 2.13. The molecular weight excluding hydrogens is 246 g/mol. The Labute approximate surface area is 91.2 Å². The number of nitrogens with zero attached hydrogens (tertiary/aromatic N) is 1. The molecule has 1 heterocycles. The Bertz CT molecular complexity index is 319. The molecule has 76 valence electrons. The van der Waals surface area contributed by atoms with Gasteiger partial charge in [-0.1, -0.05) is 0 Å². The fraction of sp³-hybridized carbons (Fsp3) is 0.500. The van der Waals surface area contributed by atoms with E-state index in [1.54, 1.807) is 13.3 Å². The Morgan fingerprint density at radius 1 is 1.57 bits per heavy atom. The summed E-state index contributed by atoms with van der Waals surface area (Å²) in [6.07, 6.45) is 3.15. The lowest BCUT2D eigenvalue weighted by molar-refractivity contribution is -0.135. The molecule has 0 amide bonds. The van der Waals surface area contributed by atoms with Crippen molar-refractivity contribution in [2.45, 2.75) is 24.5 Å². The SMILES string of the molecule is CO[C@H]1C[C@](O)(c2ccc(Br)cn2)C1. The second kappa shape index (κ2) is 3.61. The minimum absolute atomic E-state index is 0.172. The highest BCUT2D eigenvalue weighted by molar-refractivity contribution is 9.10. The predicted octanol–water partition coefficient (Wildman–Crippen LogP) is 1.84. The lowest BCUT2D eigenvalue weighted by atomic mass is 9.75. The number of aromatic nitrogens is 1. The fourth-order valence-electron chi connectivity index (χ4n) is 1.72. The summed E-state index contributed by atoms with van der Waals surface area (Å²) in [5.74, 6) is 0. The van der Waals surface area contributed by atoms with E-state index < -0.39 is 5.60 Å². The molecule has 0 radical (unpaired) electrons. The van der Waals surface area contributed by atoms with Gasteiger partial charge in [0, 0.05) is 30.6 Å². The average Bonchev–Trinajstić information content (AvgIpc) is 2.14. The molecule has 1 aliphatic carbocycles. The monoisotopic (exact) mass is 257 g/mol. The third kappa shape index (κ3) is 1.69. The molecule has 1 aromatic heterocycles. The van der Waals surface area contributed by atoms with E-state index in [9.17, 15) is 5.11 Å². The molecule has 1 saturated carbocycles. The maximum atomic E-state index is 10.1. The summed E-state index contributed by atoms with van der Waals surface area (Å²) in [4.78, 5) is 4.19. The van der Waals surface area contributed by atoms with E-state index in [1.165, 1.54) is 0 Å². The normalized spacial score (nSPS) is 31.2. The molecule has 0 saturated heterocycles. The van der Waals surface area contributed by atoms with E-state index >= 15 is 0 Å². The molecule has 3 nitrogen and oxygen atoms in total. The lowest BCUT2D eigenvalue weighted by Crippen LogP contribution is -2.45. The highest BCUT2D eigenvalue weighted by atomic mass is 79.9. The molecule has 0 aliphatic heterocycles. The number of hydrogen-bond acceptors (Lipinski definition) is 3. The Morgan fingerprint density at radius 2 is 2.29 bits per heavy atom. The number of aliphatic hydroxyl groups is 1. The van der Waals surface area contributed by atoms with Gasteiger partial charge in [-0.2, -0.15) is 0 Å². The summed E-state index contributed by atoms with van der Waals surface area (Å²) in [7, 11) is 1.67. The van der Waals surface area contributed by atoms with Crippen LogP contribution in [0.25, 0.3) is 0 Å². The molecule has 0 aromatic carbocycles. The van der Waals surface area contributed by atoms with Gasteiger partial charge in [0.2, 0.25) is 0 Å². The van der Waals surface area contributed by atoms with Crippen LogP contribution in [0.1, 0.15) is 18.5 Å². The van der Waals surface area contributed by atoms with Gasteiger partial charge in [0.25, 0.3) is 0 Å². The van der Waals surface area contributed by atoms with Crippen LogP contribution in [-0.2, 0) is 10.3 Å². The van der Waals surface area contributed by atoms with Gasteiger partial charge in [0.15, 0.2) is 0 Å². The largest absolute Gasteiger partial charge is 0.383 e. The molecule has 14 heavy (non-hydrogen) atoms. The third-order valence-electron chi connectivity index (χ3n) is 2.67. The predicted molar refractivity (Wildman–Crippen MR) is 55.9 cm³/mol. The van der Waals surface area contributed by atoms with Crippen molar-refractivity contribution in [1.29, 1.82) is 0 Å². The first-order valence-electron chi connectivity index (χ1n) is 4.51. The molecule has 0 bridgehead atoms. The maximum absolute atomic E-state index is 10.1. The number of rotatable bonds is 2. The van der Waals surface area contributed by atoms with Crippen molar-refractivity contribution in [2.75, 3.05) is 7.11 Å². The summed E-state index contributed by atoms with van der Waals surface area (Å²) in [6, 6.07) is 3.73. The van der Waals surface area contributed by atoms with Crippen LogP contribution in [-0.4, -0.2) is 23.3 Å². The summed E-state index contributed by atoms with van der Waals surface area (Å²) < 4.78 is 6.05. The summed E-state index contributed by atoms with van der Waals surface area (Å²) in [6.45, 7) is 0. The van der Waals surface area contributed by atoms with Gasteiger partial charge < -0.3 is 9.84 Å². The van der Waals surface area contributed by atoms with E-state index in [0.717, 1.165) is 10.2 Å². The Morgan fingerprint density at radius 3 is 2.79 bits per heavy atom. The molecule has 2 rings (SSSR count). The molecule has 0 spiro atoms. The first-order valence-corrected chi connectivity index (χ1v) is 5.30. The highest BCUT2D eigenvalue weighted by Gasteiger charge is 2.45. The van der Waals surface area contributed by atoms with E-state index in [4.69, 9.17) is 4.74 Å². The van der Waals surface area contributed by atoms with Crippen molar-refractivity contribution in [2.24, 2.45) is 0 Å². The lowest BCUT2D eigenvalue weighted by Gasteiger charge is -2.42. The molecule has 1 aliphatic rings. The number of pyridine rings is 1. The smallest absolute Gasteiger partial charge is 0.111 e. The zero-order chi connectivity index (χ0) is 10.2. The highest BCUT2D eigenvalue weighted by Crippen LogP contribution is 2.41. The molecule has 0 unspecified atom stereocenters. The topological polar surface area (TPSA) is 42.4 Å². The van der Waals surface area contributed by atoms with Crippen molar-refractivity contribution in [1.82, 2.24) is 4.98 Å². The minimum Gasteiger partial charge on any atom is -0.383 e. The van der Waals surface area contributed by atoms with Crippen LogP contribution in [0.2, 0.25) is 0 Å². The first kappa shape index (κ1) is 10.1. The summed E-state index contributed by atoms with van der Waals surface area (Å²) >= 11 is 3.31. The van der Waals surface area contributed by atoms with E-state index in [0.29, 0.717) is 12.8 Å². The van der Waals surface area contributed by atoms with Crippen LogP contribution in [0, 0.1) is 0 Å². The van der Waals surface area contributed by atoms with E-state index in [-0.39, 0.29) is 6.10 Å². The number of methoxy groups -OCH3 is 1. The van der Waals surface area contributed by atoms with Gasteiger partial charge >= 0.3 is 0 Å². The zero-order valence-electron chi connectivity index (χ0n) is 7.90. The van der Waals surface area contributed by atoms with Gasteiger partial charge in [0.1, 0.15) is 5.60 Å². The standard InChI is InChI=1S/C10H12BrNO2/c1-14-8-4-10(13,5-8)9-3-2-7(11)6-12-9/h2-3,6,8,13H,4-5H2,1H3/t8-,10+. The third-order valence-corrected chi connectivity index (χ3v) is 3.14. The van der Waals surface area contributed by atoms with E-state index in [2.05, 4.69) is 20.9 Å². The van der Waals surface area contributed by atoms with Gasteiger partial charge in [-0.3, -0.25) is 4.98 Å². The van der Waals surface area contributed by atoms with Crippen molar-refractivity contribution in [3.63, 3.8) is 0 Å². The summed E-state index contributed by atoms with van der Waals surface area (Å²) in [5, 5.41) is 10.1. The van der Waals surface area contributed by atoms with Gasteiger partial charge in [-0.25, -0.2) is 0 Å². The maximum Gasteiger partial charge on any atom is 0.111 e. The fourth-order valence-corrected chi connectivity index (χ4v) is 1.95. The average molecular weight is 258 g/mol. The van der Waals surface area contributed by atoms with Crippen LogP contribution in [0.4, 0.5) is 0 Å². The second-order valence-electron chi connectivity index (χ2n) is 3.66. The zero-order valence-corrected chi connectivity index (χ0v) is 9.49. The van der Waals surface area contributed by atoms with Gasteiger partial charge in [-0.05, 0) is 28.1 Å². The van der Waals surface area contributed by atoms with Crippen LogP contribution < -0.4 is 0 Å². The van der Waals surface area contributed by atoms with Crippen LogP contribution in [0.3, 0.4) is 0 Å². The second-order valence-corrected chi connectivity index (χ2v) is 4.57. The summed E-state index contributed by atoms with van der Waals surface area (Å²) in [5.41, 5.74) is -0.0459. The van der Waals surface area contributed by atoms with Crippen molar-refractivity contribution >= 4 is 15.9 Å². The Hall–Kier alpha value is -0.450. The van der Waals surface area contributed by atoms with Crippen molar-refractivity contribution < 1.29 is 9.84 Å². The number of halogens is 1. The van der Waals surface area contributed by atoms with Gasteiger partial charge in [-0.15, -0.1) is 0 Å². The van der Waals surface area contributed by atoms with Crippen molar-refractivity contribution in [3.05, 3.63) is 28.5 Å². The number of hydrogen-bond donors (Lipinski definition) is 1. The van der Waals surface area contributed by atoms with E-state index in [1.807, 2.05) is 12.1 Å². The molecule has 1 N–H and O–H groups in total. The molecule has 1 fully saturated rings. The Kier molecular flexibility index (Phi) is 2.60. The minimum atomic E-state index is -0.776. The van der Waals surface area contributed by atoms with Gasteiger partial charge in [0.05, 0.1) is 11.8 Å². The molecular formula is C10H12BrNO2.